The topological polar surface area (TPSA) is 131 Å². The maximum Gasteiger partial charge on any atom is 0.237 e. The third-order valence-corrected chi connectivity index (χ3v) is 9.39. The van der Waals surface area contributed by atoms with Crippen molar-refractivity contribution in [3.05, 3.63) is 70.2 Å². The summed E-state index contributed by atoms with van der Waals surface area (Å²) in [7, 11) is 3.15. The SMILES string of the molecule is COc1nc(-c2cccc(-c3cccc(-c4cnc(CNC5CC(O)C5)c(OC)n4)c3Cl)c2Cl)cnc1CCC[C@@H]1CCC(=O)N1. The summed E-state index contributed by atoms with van der Waals surface area (Å²) in [5.74, 6) is 0.982. The molecule has 1 atom stereocenters. The van der Waals surface area contributed by atoms with Crippen LogP contribution in [0.1, 0.15) is 49.9 Å². The third kappa shape index (κ3) is 6.95. The first-order valence-electron chi connectivity index (χ1n) is 15.4. The average Bonchev–Trinajstić information content (AvgIpc) is 3.47. The Hall–Kier alpha value is -3.83. The zero-order valence-electron chi connectivity index (χ0n) is 25.7. The van der Waals surface area contributed by atoms with Crippen molar-refractivity contribution >= 4 is 29.1 Å². The van der Waals surface area contributed by atoms with Crippen LogP contribution in [0.25, 0.3) is 33.6 Å². The summed E-state index contributed by atoms with van der Waals surface area (Å²) in [5, 5.41) is 16.9. The largest absolute Gasteiger partial charge is 0.480 e. The van der Waals surface area contributed by atoms with E-state index in [1.807, 2.05) is 36.4 Å². The van der Waals surface area contributed by atoms with Gasteiger partial charge in [0.2, 0.25) is 17.7 Å². The molecule has 4 aromatic rings. The fourth-order valence-electron chi connectivity index (χ4n) is 5.95. The van der Waals surface area contributed by atoms with Gasteiger partial charge in [-0.3, -0.25) is 14.8 Å². The lowest BCUT2D eigenvalue weighted by Gasteiger charge is -2.32. The van der Waals surface area contributed by atoms with Crippen molar-refractivity contribution in [1.82, 2.24) is 30.6 Å². The number of ether oxygens (including phenoxy) is 2. The van der Waals surface area contributed by atoms with E-state index < -0.39 is 0 Å². The van der Waals surface area contributed by atoms with Gasteiger partial charge in [-0.05, 0) is 38.5 Å². The van der Waals surface area contributed by atoms with E-state index in [9.17, 15) is 9.90 Å². The molecule has 46 heavy (non-hydrogen) atoms. The van der Waals surface area contributed by atoms with E-state index in [1.54, 1.807) is 26.6 Å². The van der Waals surface area contributed by atoms with Crippen LogP contribution in [-0.4, -0.2) is 63.4 Å². The Morgan fingerprint density at radius 3 is 2.00 bits per heavy atom. The van der Waals surface area contributed by atoms with E-state index in [1.165, 1.54) is 0 Å². The highest BCUT2D eigenvalue weighted by Crippen LogP contribution is 2.42. The molecule has 0 radical (unpaired) electrons. The molecule has 6 rings (SSSR count). The van der Waals surface area contributed by atoms with Crippen LogP contribution in [-0.2, 0) is 17.8 Å². The summed E-state index contributed by atoms with van der Waals surface area (Å²) >= 11 is 14.1. The summed E-state index contributed by atoms with van der Waals surface area (Å²) in [5.41, 5.74) is 5.45. The Kier molecular flexibility index (Phi) is 9.98. The number of hydrogen-bond donors (Lipinski definition) is 3. The molecule has 240 valence electrons. The number of amides is 1. The van der Waals surface area contributed by atoms with Gasteiger partial charge in [0.15, 0.2) is 0 Å². The molecule has 1 saturated carbocycles. The molecule has 2 aromatic heterocycles. The molecular weight excluding hydrogens is 627 g/mol. The first-order valence-corrected chi connectivity index (χ1v) is 16.2. The highest BCUT2D eigenvalue weighted by atomic mass is 35.5. The third-order valence-electron chi connectivity index (χ3n) is 8.57. The lowest BCUT2D eigenvalue weighted by atomic mass is 9.89. The number of aliphatic hydroxyl groups is 1. The second-order valence-corrected chi connectivity index (χ2v) is 12.4. The van der Waals surface area contributed by atoms with Crippen LogP contribution in [0.5, 0.6) is 11.8 Å². The molecule has 12 heteroatoms. The monoisotopic (exact) mass is 662 g/mol. The minimum Gasteiger partial charge on any atom is -0.480 e. The van der Waals surface area contributed by atoms with Crippen LogP contribution in [0, 0.1) is 0 Å². The van der Waals surface area contributed by atoms with Crippen LogP contribution < -0.4 is 20.1 Å². The second-order valence-electron chi connectivity index (χ2n) is 11.7. The van der Waals surface area contributed by atoms with E-state index in [-0.39, 0.29) is 24.1 Å². The van der Waals surface area contributed by atoms with E-state index >= 15 is 0 Å². The normalized spacial score (nSPS) is 19.1. The summed E-state index contributed by atoms with van der Waals surface area (Å²) < 4.78 is 11.2. The maximum atomic E-state index is 11.5. The van der Waals surface area contributed by atoms with Gasteiger partial charge >= 0.3 is 0 Å². The van der Waals surface area contributed by atoms with Crippen molar-refractivity contribution in [2.45, 2.75) is 69.7 Å². The molecule has 1 aliphatic heterocycles. The number of aryl methyl sites for hydroxylation is 1. The number of benzene rings is 2. The predicted octanol–water partition coefficient (Wildman–Crippen LogP) is 5.81. The van der Waals surface area contributed by atoms with Crippen molar-refractivity contribution in [3.63, 3.8) is 0 Å². The number of aromatic nitrogens is 4. The van der Waals surface area contributed by atoms with Gasteiger partial charge in [-0.1, -0.05) is 59.6 Å². The summed E-state index contributed by atoms with van der Waals surface area (Å²) in [6, 6.07) is 11.9. The molecule has 3 heterocycles. The van der Waals surface area contributed by atoms with Gasteiger partial charge in [0.25, 0.3) is 0 Å². The van der Waals surface area contributed by atoms with E-state index in [0.717, 1.165) is 48.9 Å². The highest BCUT2D eigenvalue weighted by molar-refractivity contribution is 6.39. The maximum absolute atomic E-state index is 11.5. The number of nitrogens with zero attached hydrogens (tertiary/aromatic N) is 4. The molecule has 2 fully saturated rings. The molecular formula is C34H36Cl2N6O4. The minimum atomic E-state index is -0.234. The summed E-state index contributed by atoms with van der Waals surface area (Å²) in [6.07, 6.45) is 8.54. The minimum absolute atomic E-state index is 0.122. The molecule has 2 aromatic carbocycles. The average molecular weight is 664 g/mol. The predicted molar refractivity (Wildman–Crippen MR) is 177 cm³/mol. The van der Waals surface area contributed by atoms with Gasteiger partial charge in [-0.2, -0.15) is 0 Å². The number of carbonyl (C=O) groups is 1. The van der Waals surface area contributed by atoms with Crippen LogP contribution in [0.3, 0.4) is 0 Å². The van der Waals surface area contributed by atoms with Gasteiger partial charge in [-0.15, -0.1) is 0 Å². The van der Waals surface area contributed by atoms with Crippen LogP contribution in [0.4, 0.5) is 0 Å². The molecule has 1 aliphatic carbocycles. The fraction of sp³-hybridized carbons (Fsp3) is 0.382. The Bertz CT molecular complexity index is 1730. The number of aliphatic hydroxyl groups excluding tert-OH is 1. The standard InChI is InChI=1S/C34H36Cl2N6O4/c1-45-33-26(11-3-6-19-12-13-30(44)40-19)38-16-27(41-33)24-9-4-7-22(31(24)35)23-8-5-10-25(32(23)36)28-17-39-29(34(42-28)46-2)18-37-20-14-21(43)15-20/h4-5,7-10,16-17,19-21,37,43H,3,6,11-15,18H2,1-2H3,(H,40,44)/t19-,20?,21?/m1/s1. The van der Waals surface area contributed by atoms with Gasteiger partial charge in [0, 0.05) is 47.3 Å². The van der Waals surface area contributed by atoms with Crippen LogP contribution in [0.15, 0.2) is 48.8 Å². The molecule has 0 unspecified atom stereocenters. The van der Waals surface area contributed by atoms with Crippen LogP contribution >= 0.6 is 23.2 Å². The lowest BCUT2D eigenvalue weighted by molar-refractivity contribution is -0.119. The molecule has 0 spiro atoms. The number of methoxy groups -OCH3 is 2. The lowest BCUT2D eigenvalue weighted by Crippen LogP contribution is -2.43. The Labute approximate surface area is 277 Å². The number of hydrogen-bond acceptors (Lipinski definition) is 9. The quantitative estimate of drug-likeness (QED) is 0.172. The number of carbonyl (C=O) groups excluding carboxylic acids is 1. The zero-order chi connectivity index (χ0) is 32.2. The van der Waals surface area contributed by atoms with Gasteiger partial charge < -0.3 is 25.2 Å². The van der Waals surface area contributed by atoms with Crippen molar-refractivity contribution < 1.29 is 19.4 Å². The fourth-order valence-corrected chi connectivity index (χ4v) is 6.60. The Morgan fingerprint density at radius 2 is 1.46 bits per heavy atom. The molecule has 1 amide bonds. The molecule has 0 bridgehead atoms. The molecule has 3 N–H and O–H groups in total. The first kappa shape index (κ1) is 32.1. The number of rotatable bonds is 12. The second kappa shape index (κ2) is 14.3. The highest BCUT2D eigenvalue weighted by Gasteiger charge is 2.27. The number of halogens is 2. The van der Waals surface area contributed by atoms with Crippen molar-refractivity contribution in [2.24, 2.45) is 0 Å². The first-order chi connectivity index (χ1) is 22.3. The van der Waals surface area contributed by atoms with Crippen molar-refractivity contribution in [1.29, 1.82) is 0 Å². The Balaban J connectivity index is 1.23. The van der Waals surface area contributed by atoms with Gasteiger partial charge in [0.05, 0.1) is 54.2 Å². The Morgan fingerprint density at radius 1 is 0.891 bits per heavy atom. The van der Waals surface area contributed by atoms with E-state index in [4.69, 9.17) is 42.6 Å². The van der Waals surface area contributed by atoms with E-state index in [2.05, 4.69) is 20.6 Å². The summed E-state index contributed by atoms with van der Waals surface area (Å²) in [4.78, 5) is 30.3. The summed E-state index contributed by atoms with van der Waals surface area (Å²) in [6.45, 7) is 0.485. The zero-order valence-corrected chi connectivity index (χ0v) is 27.2. The smallest absolute Gasteiger partial charge is 0.237 e. The van der Waals surface area contributed by atoms with Gasteiger partial charge in [-0.25, -0.2) is 9.97 Å². The van der Waals surface area contributed by atoms with Crippen LogP contribution in [0.2, 0.25) is 10.0 Å². The van der Waals surface area contributed by atoms with Crippen molar-refractivity contribution in [3.8, 4) is 45.4 Å². The molecule has 2 aliphatic rings. The van der Waals surface area contributed by atoms with Crippen molar-refractivity contribution in [2.75, 3.05) is 14.2 Å². The molecule has 10 nitrogen and oxygen atoms in total. The number of nitrogens with one attached hydrogen (secondary N) is 2. The molecule has 1 saturated heterocycles. The van der Waals surface area contributed by atoms with E-state index in [0.29, 0.717) is 69.4 Å². The van der Waals surface area contributed by atoms with Gasteiger partial charge in [0.1, 0.15) is 11.4 Å².